The van der Waals surface area contributed by atoms with Crippen LogP contribution in [0.4, 0.5) is 0 Å². The number of rotatable bonds is 8. The van der Waals surface area contributed by atoms with E-state index in [1.165, 1.54) is 0 Å². The average Bonchev–Trinajstić information content (AvgIpc) is 2.45. The Morgan fingerprint density at radius 1 is 1.33 bits per heavy atom. The summed E-state index contributed by atoms with van der Waals surface area (Å²) in [5.41, 5.74) is 10.9. The molecule has 2 atom stereocenters. The first-order valence-corrected chi connectivity index (χ1v) is 6.78. The minimum absolute atomic E-state index is 0.00679. The van der Waals surface area contributed by atoms with Crippen LogP contribution in [0, 0.1) is 5.41 Å². The zero-order valence-electron chi connectivity index (χ0n) is 12.1. The molecule has 0 radical (unpaired) electrons. The van der Waals surface area contributed by atoms with E-state index in [1.54, 1.807) is 6.92 Å². The lowest BCUT2D eigenvalue weighted by Gasteiger charge is -2.28. The number of ether oxygens (including phenoxy) is 1. The summed E-state index contributed by atoms with van der Waals surface area (Å²) in [5, 5.41) is 8.89. The standard InChI is InChI=1S/C15H22N2O4/c1-15(7-8-16,9-12(17)13(18)19)14(20)21-10-11-5-3-2-4-6-11/h2-6,12H,7-10,16-17H2,1H3,(H,18,19). The molecule has 6 heteroatoms. The van der Waals surface area contributed by atoms with Crippen molar-refractivity contribution in [2.24, 2.45) is 16.9 Å². The van der Waals surface area contributed by atoms with Gasteiger partial charge in [-0.15, -0.1) is 0 Å². The molecule has 0 bridgehead atoms. The highest BCUT2D eigenvalue weighted by Gasteiger charge is 2.37. The number of carboxylic acid groups (broad SMARTS) is 1. The fourth-order valence-electron chi connectivity index (χ4n) is 2.08. The summed E-state index contributed by atoms with van der Waals surface area (Å²) in [5.74, 6) is -1.62. The van der Waals surface area contributed by atoms with Gasteiger partial charge in [-0.1, -0.05) is 30.3 Å². The van der Waals surface area contributed by atoms with Crippen molar-refractivity contribution in [1.29, 1.82) is 0 Å². The molecule has 0 heterocycles. The lowest BCUT2D eigenvalue weighted by Crippen LogP contribution is -2.41. The highest BCUT2D eigenvalue weighted by molar-refractivity contribution is 5.79. The molecule has 0 amide bonds. The van der Waals surface area contributed by atoms with E-state index in [0.717, 1.165) is 5.56 Å². The van der Waals surface area contributed by atoms with Gasteiger partial charge >= 0.3 is 11.9 Å². The van der Waals surface area contributed by atoms with Crippen molar-refractivity contribution in [3.05, 3.63) is 35.9 Å². The summed E-state index contributed by atoms with van der Waals surface area (Å²) in [6.07, 6.45) is 0.314. The summed E-state index contributed by atoms with van der Waals surface area (Å²) in [7, 11) is 0. The van der Waals surface area contributed by atoms with Crippen LogP contribution in [-0.2, 0) is 20.9 Å². The van der Waals surface area contributed by atoms with E-state index in [9.17, 15) is 9.59 Å². The minimum atomic E-state index is -1.14. The van der Waals surface area contributed by atoms with Crippen LogP contribution in [0.3, 0.4) is 0 Å². The van der Waals surface area contributed by atoms with Crippen molar-refractivity contribution in [2.75, 3.05) is 6.54 Å². The number of hydrogen-bond acceptors (Lipinski definition) is 5. The minimum Gasteiger partial charge on any atom is -0.480 e. The van der Waals surface area contributed by atoms with Crippen molar-refractivity contribution >= 4 is 11.9 Å². The van der Waals surface area contributed by atoms with Gasteiger partial charge in [0.1, 0.15) is 12.6 Å². The van der Waals surface area contributed by atoms with E-state index in [4.69, 9.17) is 21.3 Å². The second-order valence-electron chi connectivity index (χ2n) is 5.31. The zero-order chi connectivity index (χ0) is 15.9. The summed E-state index contributed by atoms with van der Waals surface area (Å²) < 4.78 is 5.28. The molecule has 0 aromatic heterocycles. The van der Waals surface area contributed by atoms with Crippen molar-refractivity contribution in [3.8, 4) is 0 Å². The Balaban J connectivity index is 2.70. The summed E-state index contributed by atoms with van der Waals surface area (Å²) in [4.78, 5) is 23.1. The van der Waals surface area contributed by atoms with E-state index in [1.807, 2.05) is 30.3 Å². The number of hydrogen-bond donors (Lipinski definition) is 3. The van der Waals surface area contributed by atoms with Crippen LogP contribution in [-0.4, -0.2) is 29.6 Å². The topological polar surface area (TPSA) is 116 Å². The van der Waals surface area contributed by atoms with Crippen LogP contribution in [0.25, 0.3) is 0 Å². The second-order valence-corrected chi connectivity index (χ2v) is 5.31. The number of nitrogens with two attached hydrogens (primary N) is 2. The third-order valence-corrected chi connectivity index (χ3v) is 3.39. The Morgan fingerprint density at radius 2 is 1.95 bits per heavy atom. The lowest BCUT2D eigenvalue weighted by atomic mass is 9.80. The Hall–Kier alpha value is -1.92. The van der Waals surface area contributed by atoms with Crippen LogP contribution in [0.15, 0.2) is 30.3 Å². The molecule has 0 aliphatic carbocycles. The number of aliphatic carboxylic acids is 1. The molecule has 1 aromatic carbocycles. The molecule has 0 fully saturated rings. The number of carbonyl (C=O) groups excluding carboxylic acids is 1. The van der Waals surface area contributed by atoms with Gasteiger partial charge in [-0.05, 0) is 31.9 Å². The quantitative estimate of drug-likeness (QED) is 0.613. The van der Waals surface area contributed by atoms with E-state index in [2.05, 4.69) is 0 Å². The van der Waals surface area contributed by atoms with Gasteiger partial charge in [0.2, 0.25) is 0 Å². The predicted octanol–water partition coefficient (Wildman–Crippen LogP) is 0.887. The van der Waals surface area contributed by atoms with Crippen molar-refractivity contribution in [3.63, 3.8) is 0 Å². The van der Waals surface area contributed by atoms with Crippen LogP contribution in [0.2, 0.25) is 0 Å². The predicted molar refractivity (Wildman–Crippen MR) is 78.2 cm³/mol. The Labute approximate surface area is 124 Å². The Bertz CT molecular complexity index is 478. The second kappa shape index (κ2) is 7.75. The largest absolute Gasteiger partial charge is 0.480 e. The molecule has 1 aromatic rings. The highest BCUT2D eigenvalue weighted by atomic mass is 16.5. The van der Waals surface area contributed by atoms with Crippen molar-refractivity contribution in [2.45, 2.75) is 32.4 Å². The Kier molecular flexibility index (Phi) is 6.33. The maximum Gasteiger partial charge on any atom is 0.320 e. The molecular weight excluding hydrogens is 272 g/mol. The highest BCUT2D eigenvalue weighted by Crippen LogP contribution is 2.29. The molecule has 116 valence electrons. The molecule has 0 spiro atoms. The number of carbonyl (C=O) groups is 2. The Morgan fingerprint density at radius 3 is 2.48 bits per heavy atom. The molecule has 5 N–H and O–H groups in total. The maximum atomic E-state index is 12.3. The van der Waals surface area contributed by atoms with Gasteiger partial charge in [0, 0.05) is 0 Å². The number of carboxylic acids is 1. The monoisotopic (exact) mass is 294 g/mol. The third-order valence-electron chi connectivity index (χ3n) is 3.39. The molecule has 0 saturated heterocycles. The molecule has 0 aliphatic rings. The van der Waals surface area contributed by atoms with Crippen molar-refractivity contribution in [1.82, 2.24) is 0 Å². The SMILES string of the molecule is CC(CCN)(CC(N)C(=O)O)C(=O)OCc1ccccc1. The summed E-state index contributed by atoms with van der Waals surface area (Å²) in [6, 6.07) is 8.14. The van der Waals surface area contributed by atoms with E-state index >= 15 is 0 Å². The molecule has 1 rings (SSSR count). The first-order chi connectivity index (χ1) is 9.89. The molecule has 6 nitrogen and oxygen atoms in total. The molecule has 0 aliphatic heterocycles. The van der Waals surface area contributed by atoms with Crippen LogP contribution in [0.1, 0.15) is 25.3 Å². The van der Waals surface area contributed by atoms with Crippen LogP contribution in [0.5, 0.6) is 0 Å². The van der Waals surface area contributed by atoms with Gasteiger partial charge < -0.3 is 21.3 Å². The molecule has 21 heavy (non-hydrogen) atoms. The average molecular weight is 294 g/mol. The first-order valence-electron chi connectivity index (χ1n) is 6.78. The van der Waals surface area contributed by atoms with E-state index in [-0.39, 0.29) is 19.6 Å². The van der Waals surface area contributed by atoms with E-state index in [0.29, 0.717) is 6.42 Å². The molecule has 2 unspecified atom stereocenters. The lowest BCUT2D eigenvalue weighted by molar-refractivity contribution is -0.158. The van der Waals surface area contributed by atoms with Gasteiger partial charge in [0.15, 0.2) is 0 Å². The van der Waals surface area contributed by atoms with Crippen LogP contribution >= 0.6 is 0 Å². The number of esters is 1. The van der Waals surface area contributed by atoms with Gasteiger partial charge in [-0.25, -0.2) is 0 Å². The molecule has 0 saturated carbocycles. The summed E-state index contributed by atoms with van der Waals surface area (Å²) in [6.45, 7) is 2.03. The smallest absolute Gasteiger partial charge is 0.320 e. The third kappa shape index (κ3) is 5.17. The van der Waals surface area contributed by atoms with Gasteiger partial charge in [0.25, 0.3) is 0 Å². The van der Waals surface area contributed by atoms with Crippen LogP contribution < -0.4 is 11.5 Å². The first kappa shape index (κ1) is 17.1. The van der Waals surface area contributed by atoms with Gasteiger partial charge in [0.05, 0.1) is 5.41 Å². The van der Waals surface area contributed by atoms with Gasteiger partial charge in [-0.2, -0.15) is 0 Å². The fraction of sp³-hybridized carbons (Fsp3) is 0.467. The normalized spacial score (nSPS) is 15.0. The molecular formula is C15H22N2O4. The fourth-order valence-corrected chi connectivity index (χ4v) is 2.08. The zero-order valence-corrected chi connectivity index (χ0v) is 12.1. The maximum absolute atomic E-state index is 12.3. The van der Waals surface area contributed by atoms with E-state index < -0.39 is 23.4 Å². The summed E-state index contributed by atoms with van der Waals surface area (Å²) >= 11 is 0. The number of benzene rings is 1. The van der Waals surface area contributed by atoms with Crippen molar-refractivity contribution < 1.29 is 19.4 Å². The van der Waals surface area contributed by atoms with Gasteiger partial charge in [-0.3, -0.25) is 9.59 Å².